The third-order valence-corrected chi connectivity index (χ3v) is 3.75. The molecule has 1 aromatic heterocycles. The van der Waals surface area contributed by atoms with Crippen LogP contribution in [-0.4, -0.2) is 24.6 Å². The Kier molecular flexibility index (Phi) is 4.01. The van der Waals surface area contributed by atoms with Gasteiger partial charge in [0.15, 0.2) is 9.84 Å². The summed E-state index contributed by atoms with van der Waals surface area (Å²) >= 11 is 5.68. The summed E-state index contributed by atoms with van der Waals surface area (Å²) in [5.41, 5.74) is 0.936. The van der Waals surface area contributed by atoms with Gasteiger partial charge in [0.25, 0.3) is 0 Å². The van der Waals surface area contributed by atoms with Gasteiger partial charge in [0.2, 0.25) is 5.95 Å². The molecule has 2 aromatic rings. The van der Waals surface area contributed by atoms with Crippen LogP contribution >= 0.6 is 11.6 Å². The molecule has 7 heteroatoms. The smallest absolute Gasteiger partial charge is 0.222 e. The second-order valence-electron chi connectivity index (χ2n) is 3.99. The molecule has 0 atom stereocenters. The minimum absolute atomic E-state index is 0.305. The molecule has 1 aromatic carbocycles. The van der Waals surface area contributed by atoms with Crippen LogP contribution in [0.5, 0.6) is 0 Å². The Morgan fingerprint density at radius 1 is 1.16 bits per heavy atom. The monoisotopic (exact) mass is 297 g/mol. The van der Waals surface area contributed by atoms with E-state index in [9.17, 15) is 8.42 Å². The number of nitrogens with one attached hydrogen (secondary N) is 1. The zero-order valence-electron chi connectivity index (χ0n) is 10.2. The van der Waals surface area contributed by atoms with Gasteiger partial charge in [0.1, 0.15) is 0 Å². The lowest BCUT2D eigenvalue weighted by atomic mass is 10.2. The first-order valence-electron chi connectivity index (χ1n) is 5.45. The Hall–Kier alpha value is -1.66. The highest BCUT2D eigenvalue weighted by molar-refractivity contribution is 7.90. The molecular weight excluding hydrogens is 286 g/mol. The topological polar surface area (TPSA) is 72.0 Å². The number of benzene rings is 1. The summed E-state index contributed by atoms with van der Waals surface area (Å²) in [5, 5.41) is 3.49. The van der Waals surface area contributed by atoms with Crippen LogP contribution in [0, 0.1) is 0 Å². The molecule has 0 amide bonds. The average Bonchev–Trinajstić information content (AvgIpc) is 2.37. The van der Waals surface area contributed by atoms with E-state index in [4.69, 9.17) is 11.6 Å². The second-order valence-corrected chi connectivity index (χ2v) is 6.45. The van der Waals surface area contributed by atoms with Crippen molar-refractivity contribution < 1.29 is 8.42 Å². The number of rotatable bonds is 4. The molecule has 0 fully saturated rings. The summed E-state index contributed by atoms with van der Waals surface area (Å²) in [7, 11) is -3.15. The predicted molar refractivity (Wildman–Crippen MR) is 73.9 cm³/mol. The van der Waals surface area contributed by atoms with Gasteiger partial charge in [-0.1, -0.05) is 23.7 Å². The molecule has 0 radical (unpaired) electrons. The quantitative estimate of drug-likeness (QED) is 0.936. The van der Waals surface area contributed by atoms with Crippen molar-refractivity contribution in [1.29, 1.82) is 0 Å². The van der Waals surface area contributed by atoms with Crippen molar-refractivity contribution in [1.82, 2.24) is 9.97 Å². The van der Waals surface area contributed by atoms with Crippen LogP contribution in [0.15, 0.2) is 41.6 Å². The Morgan fingerprint density at radius 2 is 1.74 bits per heavy atom. The van der Waals surface area contributed by atoms with Crippen molar-refractivity contribution in [3.63, 3.8) is 0 Å². The Bertz CT molecular complexity index is 654. The van der Waals surface area contributed by atoms with E-state index in [-0.39, 0.29) is 0 Å². The maximum Gasteiger partial charge on any atom is 0.222 e. The maximum absolute atomic E-state index is 11.3. The Balaban J connectivity index is 2.02. The van der Waals surface area contributed by atoms with E-state index < -0.39 is 9.84 Å². The molecule has 0 aliphatic heterocycles. The summed E-state index contributed by atoms with van der Waals surface area (Å²) in [6, 6.07) is 6.66. The van der Waals surface area contributed by atoms with Crippen LogP contribution < -0.4 is 5.32 Å². The number of nitrogens with zero attached hydrogens (tertiary/aromatic N) is 2. The van der Waals surface area contributed by atoms with E-state index in [1.807, 2.05) is 0 Å². The number of aromatic nitrogens is 2. The number of halogens is 1. The van der Waals surface area contributed by atoms with Crippen molar-refractivity contribution in [2.45, 2.75) is 11.4 Å². The number of anilines is 1. The SMILES string of the molecule is CS(=O)(=O)c1ccc(CNc2ncc(Cl)cn2)cc1. The number of sulfone groups is 1. The van der Waals surface area contributed by atoms with Crippen LogP contribution in [0.4, 0.5) is 5.95 Å². The first kappa shape index (κ1) is 13.8. The van der Waals surface area contributed by atoms with E-state index in [0.29, 0.717) is 22.4 Å². The Morgan fingerprint density at radius 3 is 2.26 bits per heavy atom. The average molecular weight is 298 g/mol. The molecule has 5 nitrogen and oxygen atoms in total. The summed E-state index contributed by atoms with van der Waals surface area (Å²) in [6.07, 6.45) is 4.19. The van der Waals surface area contributed by atoms with E-state index in [2.05, 4.69) is 15.3 Å². The lowest BCUT2D eigenvalue weighted by molar-refractivity contribution is 0.602. The van der Waals surface area contributed by atoms with Gasteiger partial charge in [-0.2, -0.15) is 0 Å². The van der Waals surface area contributed by atoms with Crippen molar-refractivity contribution in [2.75, 3.05) is 11.6 Å². The second kappa shape index (κ2) is 5.54. The van der Waals surface area contributed by atoms with E-state index >= 15 is 0 Å². The summed E-state index contributed by atoms with van der Waals surface area (Å²) in [6.45, 7) is 0.506. The van der Waals surface area contributed by atoms with Crippen molar-refractivity contribution in [3.8, 4) is 0 Å². The highest BCUT2D eigenvalue weighted by atomic mass is 35.5. The van der Waals surface area contributed by atoms with Gasteiger partial charge in [-0.15, -0.1) is 0 Å². The van der Waals surface area contributed by atoms with Crippen LogP contribution in [0.1, 0.15) is 5.56 Å². The normalized spacial score (nSPS) is 11.3. The molecule has 19 heavy (non-hydrogen) atoms. The van der Waals surface area contributed by atoms with E-state index in [1.165, 1.54) is 18.6 Å². The molecule has 0 bridgehead atoms. The lowest BCUT2D eigenvalue weighted by Gasteiger charge is -2.05. The van der Waals surface area contributed by atoms with Crippen LogP contribution in [0.25, 0.3) is 0 Å². The van der Waals surface area contributed by atoms with Crippen molar-refractivity contribution >= 4 is 27.4 Å². The number of hydrogen-bond acceptors (Lipinski definition) is 5. The highest BCUT2D eigenvalue weighted by Gasteiger charge is 2.06. The summed E-state index contributed by atoms with van der Waals surface area (Å²) in [4.78, 5) is 8.30. The lowest BCUT2D eigenvalue weighted by Crippen LogP contribution is -2.03. The molecule has 1 N–H and O–H groups in total. The van der Waals surface area contributed by atoms with Gasteiger partial charge in [0, 0.05) is 12.8 Å². The van der Waals surface area contributed by atoms with E-state index in [0.717, 1.165) is 5.56 Å². The fourth-order valence-corrected chi connectivity index (χ4v) is 2.17. The minimum Gasteiger partial charge on any atom is -0.350 e. The minimum atomic E-state index is -3.15. The maximum atomic E-state index is 11.3. The van der Waals surface area contributed by atoms with Gasteiger partial charge >= 0.3 is 0 Å². The highest BCUT2D eigenvalue weighted by Crippen LogP contribution is 2.11. The molecule has 2 rings (SSSR count). The first-order valence-corrected chi connectivity index (χ1v) is 7.72. The zero-order chi connectivity index (χ0) is 13.9. The molecule has 0 saturated carbocycles. The molecule has 0 aliphatic rings. The molecule has 0 aliphatic carbocycles. The zero-order valence-corrected chi connectivity index (χ0v) is 11.7. The largest absolute Gasteiger partial charge is 0.350 e. The molecule has 0 unspecified atom stereocenters. The molecular formula is C12H12ClN3O2S. The van der Waals surface area contributed by atoms with Gasteiger partial charge in [-0.25, -0.2) is 18.4 Å². The molecule has 1 heterocycles. The fourth-order valence-electron chi connectivity index (χ4n) is 1.44. The third kappa shape index (κ3) is 3.90. The molecule has 100 valence electrons. The van der Waals surface area contributed by atoms with Crippen molar-refractivity contribution in [3.05, 3.63) is 47.2 Å². The van der Waals surface area contributed by atoms with Gasteiger partial charge < -0.3 is 5.32 Å². The van der Waals surface area contributed by atoms with Crippen molar-refractivity contribution in [2.24, 2.45) is 0 Å². The number of hydrogen-bond donors (Lipinski definition) is 1. The summed E-state index contributed by atoms with van der Waals surface area (Å²) in [5.74, 6) is 0.469. The fraction of sp³-hybridized carbons (Fsp3) is 0.167. The van der Waals surface area contributed by atoms with Gasteiger partial charge in [0.05, 0.1) is 22.3 Å². The molecule has 0 saturated heterocycles. The Labute approximate surface area is 116 Å². The van der Waals surface area contributed by atoms with Crippen LogP contribution in [-0.2, 0) is 16.4 Å². The van der Waals surface area contributed by atoms with E-state index in [1.54, 1.807) is 24.3 Å². The van der Waals surface area contributed by atoms with Crippen LogP contribution in [0.3, 0.4) is 0 Å². The van der Waals surface area contributed by atoms with Gasteiger partial charge in [-0.3, -0.25) is 0 Å². The van der Waals surface area contributed by atoms with Crippen LogP contribution in [0.2, 0.25) is 5.02 Å². The molecule has 0 spiro atoms. The third-order valence-electron chi connectivity index (χ3n) is 2.42. The first-order chi connectivity index (χ1) is 8.95. The standard InChI is InChI=1S/C12H12ClN3O2S/c1-19(17,18)11-4-2-9(3-5-11)6-14-12-15-7-10(13)8-16-12/h2-5,7-8H,6H2,1H3,(H,14,15,16). The van der Waals surface area contributed by atoms with Gasteiger partial charge in [-0.05, 0) is 17.7 Å². The predicted octanol–water partition coefficient (Wildman–Crippen LogP) is 2.15. The summed E-state index contributed by atoms with van der Waals surface area (Å²) < 4.78 is 22.6.